The number of carbonyl (C=O) groups is 1. The van der Waals surface area contributed by atoms with E-state index in [4.69, 9.17) is 0 Å². The maximum absolute atomic E-state index is 12.1. The second-order valence-corrected chi connectivity index (χ2v) is 5.16. The van der Waals surface area contributed by atoms with Gasteiger partial charge in [-0.05, 0) is 48.9 Å². The van der Waals surface area contributed by atoms with Gasteiger partial charge in [-0.25, -0.2) is 0 Å². The van der Waals surface area contributed by atoms with Gasteiger partial charge in [-0.2, -0.15) is 5.10 Å². The molecule has 0 aliphatic carbocycles. The third-order valence-electron chi connectivity index (χ3n) is 3.66. The average Bonchev–Trinajstić information content (AvgIpc) is 3.11. The van der Waals surface area contributed by atoms with Crippen LogP contribution in [-0.4, -0.2) is 27.6 Å². The Hall–Kier alpha value is -2.56. The van der Waals surface area contributed by atoms with Crippen LogP contribution in [0.1, 0.15) is 28.0 Å². The van der Waals surface area contributed by atoms with Gasteiger partial charge in [0.15, 0.2) is 0 Å². The first-order chi connectivity index (χ1) is 10.2. The molecule has 21 heavy (non-hydrogen) atoms. The van der Waals surface area contributed by atoms with Crippen LogP contribution >= 0.6 is 0 Å². The molecule has 0 spiro atoms. The van der Waals surface area contributed by atoms with Crippen LogP contribution in [0.25, 0.3) is 10.9 Å². The zero-order valence-electron chi connectivity index (χ0n) is 11.9. The van der Waals surface area contributed by atoms with E-state index in [1.165, 1.54) is 5.56 Å². The molecule has 0 fully saturated rings. The number of benzene rings is 1. The number of nitrogens with zero attached hydrogens (tertiary/aromatic N) is 1. The fourth-order valence-corrected chi connectivity index (χ4v) is 2.40. The number of aromatic amines is 2. The number of nitrogens with one attached hydrogen (secondary N) is 3. The molecule has 2 heterocycles. The van der Waals surface area contributed by atoms with Crippen molar-refractivity contribution in [1.29, 1.82) is 0 Å². The number of hydrogen-bond acceptors (Lipinski definition) is 2. The Bertz CT molecular complexity index is 756. The highest BCUT2D eigenvalue weighted by Crippen LogP contribution is 2.14. The molecule has 0 bridgehead atoms. The van der Waals surface area contributed by atoms with Crippen LogP contribution in [0.3, 0.4) is 0 Å². The van der Waals surface area contributed by atoms with Crippen LogP contribution < -0.4 is 5.32 Å². The molecule has 3 aromatic rings. The fraction of sp³-hybridized carbons (Fsp3) is 0.250. The lowest BCUT2D eigenvalue weighted by Gasteiger charge is -2.05. The molecule has 0 unspecified atom stereocenters. The molecule has 2 aromatic heterocycles. The Balaban J connectivity index is 1.53. The molecule has 5 nitrogen and oxygen atoms in total. The molecular weight excluding hydrogens is 264 g/mol. The van der Waals surface area contributed by atoms with Crippen LogP contribution in [0.5, 0.6) is 0 Å². The van der Waals surface area contributed by atoms with Gasteiger partial charge in [0, 0.05) is 29.5 Å². The molecule has 1 aromatic carbocycles. The summed E-state index contributed by atoms with van der Waals surface area (Å²) in [6.45, 7) is 2.67. The van der Waals surface area contributed by atoms with Gasteiger partial charge < -0.3 is 10.3 Å². The summed E-state index contributed by atoms with van der Waals surface area (Å²) in [6.07, 6.45) is 5.53. The first kappa shape index (κ1) is 13.4. The van der Waals surface area contributed by atoms with Gasteiger partial charge in [0.25, 0.3) is 5.91 Å². The summed E-state index contributed by atoms with van der Waals surface area (Å²) in [5, 5.41) is 11.0. The molecule has 3 N–H and O–H groups in total. The Morgan fingerprint density at radius 3 is 3.05 bits per heavy atom. The second-order valence-electron chi connectivity index (χ2n) is 5.16. The zero-order valence-corrected chi connectivity index (χ0v) is 11.9. The maximum Gasteiger partial charge on any atom is 0.251 e. The molecule has 5 heteroatoms. The van der Waals surface area contributed by atoms with E-state index in [2.05, 4.69) is 20.5 Å². The lowest BCUT2D eigenvalue weighted by molar-refractivity contribution is 0.0953. The first-order valence-electron chi connectivity index (χ1n) is 7.08. The van der Waals surface area contributed by atoms with Gasteiger partial charge in [-0.1, -0.05) is 6.07 Å². The van der Waals surface area contributed by atoms with Crippen molar-refractivity contribution in [3.05, 3.63) is 53.5 Å². The van der Waals surface area contributed by atoms with Gasteiger partial charge in [0.2, 0.25) is 0 Å². The van der Waals surface area contributed by atoms with Crippen LogP contribution in [-0.2, 0) is 6.42 Å². The highest BCUT2D eigenvalue weighted by atomic mass is 16.1. The molecule has 0 aliphatic rings. The van der Waals surface area contributed by atoms with Crippen molar-refractivity contribution in [2.75, 3.05) is 6.54 Å². The summed E-state index contributed by atoms with van der Waals surface area (Å²) < 4.78 is 0. The Labute approximate surface area is 122 Å². The fourth-order valence-electron chi connectivity index (χ4n) is 2.40. The van der Waals surface area contributed by atoms with Gasteiger partial charge in [-0.15, -0.1) is 0 Å². The van der Waals surface area contributed by atoms with E-state index in [0.29, 0.717) is 12.1 Å². The lowest BCUT2D eigenvalue weighted by atomic mass is 10.1. The monoisotopic (exact) mass is 282 g/mol. The van der Waals surface area contributed by atoms with Gasteiger partial charge in [0.05, 0.1) is 6.20 Å². The highest BCUT2D eigenvalue weighted by Gasteiger charge is 2.06. The van der Waals surface area contributed by atoms with E-state index < -0.39 is 0 Å². The van der Waals surface area contributed by atoms with E-state index >= 15 is 0 Å². The number of rotatable bonds is 5. The third kappa shape index (κ3) is 2.97. The van der Waals surface area contributed by atoms with Gasteiger partial charge >= 0.3 is 0 Å². The predicted octanol–water partition coefficient (Wildman–Crippen LogP) is 2.56. The number of carbonyl (C=O) groups excluding carboxylic acids is 1. The predicted molar refractivity (Wildman–Crippen MR) is 82.3 cm³/mol. The molecule has 0 aliphatic heterocycles. The van der Waals surface area contributed by atoms with Crippen molar-refractivity contribution in [3.63, 3.8) is 0 Å². The topological polar surface area (TPSA) is 73.6 Å². The molecule has 0 radical (unpaired) electrons. The van der Waals surface area contributed by atoms with E-state index in [9.17, 15) is 4.79 Å². The van der Waals surface area contributed by atoms with Crippen molar-refractivity contribution < 1.29 is 4.79 Å². The summed E-state index contributed by atoms with van der Waals surface area (Å²) in [6, 6.07) is 7.68. The number of fused-ring (bicyclic) bond motifs is 1. The van der Waals surface area contributed by atoms with Crippen molar-refractivity contribution in [1.82, 2.24) is 20.5 Å². The quantitative estimate of drug-likeness (QED) is 0.629. The molecule has 1 amide bonds. The Kier molecular flexibility index (Phi) is 3.73. The highest BCUT2D eigenvalue weighted by molar-refractivity contribution is 5.97. The Morgan fingerprint density at radius 1 is 1.33 bits per heavy atom. The maximum atomic E-state index is 12.1. The minimum absolute atomic E-state index is 0.0320. The molecule has 0 saturated carbocycles. The van der Waals surface area contributed by atoms with E-state index in [0.717, 1.165) is 29.4 Å². The summed E-state index contributed by atoms with van der Waals surface area (Å²) >= 11 is 0. The van der Waals surface area contributed by atoms with Gasteiger partial charge in [-0.3, -0.25) is 9.89 Å². The summed E-state index contributed by atoms with van der Waals surface area (Å²) in [5.41, 5.74) is 3.97. The van der Waals surface area contributed by atoms with Crippen molar-refractivity contribution in [3.8, 4) is 0 Å². The number of aromatic nitrogens is 3. The van der Waals surface area contributed by atoms with Crippen molar-refractivity contribution in [2.45, 2.75) is 19.8 Å². The lowest BCUT2D eigenvalue weighted by Crippen LogP contribution is -2.24. The van der Waals surface area contributed by atoms with Gasteiger partial charge in [0.1, 0.15) is 0 Å². The van der Waals surface area contributed by atoms with Crippen LogP contribution in [0.4, 0.5) is 0 Å². The SMILES string of the molecule is Cc1[nH]ncc1CCCNC(=O)c1ccc2cc[nH]c2c1. The number of amides is 1. The minimum atomic E-state index is -0.0320. The Morgan fingerprint density at radius 2 is 2.24 bits per heavy atom. The zero-order chi connectivity index (χ0) is 14.7. The number of hydrogen-bond donors (Lipinski definition) is 3. The smallest absolute Gasteiger partial charge is 0.251 e. The van der Waals surface area contributed by atoms with E-state index in [1.54, 1.807) is 0 Å². The molecular formula is C16H18N4O. The molecule has 0 saturated heterocycles. The van der Waals surface area contributed by atoms with Crippen LogP contribution in [0, 0.1) is 6.92 Å². The standard InChI is InChI=1S/C16H18N4O/c1-11-14(10-19-20-11)3-2-7-18-16(21)13-5-4-12-6-8-17-15(12)9-13/h4-6,8-10,17H,2-3,7H2,1H3,(H,18,21)(H,19,20). The number of aryl methyl sites for hydroxylation is 2. The second kappa shape index (κ2) is 5.83. The first-order valence-corrected chi connectivity index (χ1v) is 7.08. The summed E-state index contributed by atoms with van der Waals surface area (Å²) in [4.78, 5) is 15.2. The normalized spacial score (nSPS) is 10.9. The van der Waals surface area contributed by atoms with E-state index in [1.807, 2.05) is 43.6 Å². The minimum Gasteiger partial charge on any atom is -0.361 e. The molecule has 108 valence electrons. The summed E-state index contributed by atoms with van der Waals surface area (Å²) in [7, 11) is 0. The third-order valence-corrected chi connectivity index (χ3v) is 3.66. The largest absolute Gasteiger partial charge is 0.361 e. The molecule has 0 atom stereocenters. The number of H-pyrrole nitrogens is 2. The van der Waals surface area contributed by atoms with Crippen LogP contribution in [0.15, 0.2) is 36.7 Å². The van der Waals surface area contributed by atoms with E-state index in [-0.39, 0.29) is 5.91 Å². The van der Waals surface area contributed by atoms with Crippen molar-refractivity contribution in [2.24, 2.45) is 0 Å². The van der Waals surface area contributed by atoms with Crippen LogP contribution in [0.2, 0.25) is 0 Å². The average molecular weight is 282 g/mol. The molecule has 3 rings (SSSR count). The van der Waals surface area contributed by atoms with Crippen molar-refractivity contribution >= 4 is 16.8 Å². The summed E-state index contributed by atoms with van der Waals surface area (Å²) in [5.74, 6) is -0.0320.